The number of hydrogen-bond acceptors (Lipinski definition) is 4. The second-order valence-corrected chi connectivity index (χ2v) is 3.73. The van der Waals surface area contributed by atoms with Gasteiger partial charge in [-0.3, -0.25) is 0 Å². The van der Waals surface area contributed by atoms with Gasteiger partial charge >= 0.3 is 0 Å². The molecule has 2 N–H and O–H groups in total. The molecule has 96 valence electrons. The zero-order valence-corrected chi connectivity index (χ0v) is 9.94. The number of aliphatic hydroxyl groups excluding tert-OH is 1. The predicted molar refractivity (Wildman–Crippen MR) is 64.9 cm³/mol. The molecule has 0 amide bonds. The average Bonchev–Trinajstić information content (AvgIpc) is 2.86. The van der Waals surface area contributed by atoms with Gasteiger partial charge in [-0.05, 0) is 24.3 Å². The lowest BCUT2D eigenvalue weighted by Gasteiger charge is -2.07. The first-order chi connectivity index (χ1) is 8.72. The van der Waals surface area contributed by atoms with Crippen molar-refractivity contribution < 1.29 is 18.7 Å². The highest BCUT2D eigenvalue weighted by Gasteiger charge is 2.04. The minimum absolute atomic E-state index is 0.121. The molecule has 2 rings (SSSR count). The summed E-state index contributed by atoms with van der Waals surface area (Å²) >= 11 is 0. The first kappa shape index (κ1) is 12.4. The maximum atomic E-state index is 13.2. The van der Waals surface area contributed by atoms with Gasteiger partial charge in [-0.15, -0.1) is 0 Å². The van der Waals surface area contributed by atoms with Gasteiger partial charge in [0.25, 0.3) is 0 Å². The van der Waals surface area contributed by atoms with Gasteiger partial charge in [-0.2, -0.15) is 0 Å². The highest BCUT2D eigenvalue weighted by Crippen LogP contribution is 2.22. The van der Waals surface area contributed by atoms with Gasteiger partial charge in [0.05, 0.1) is 13.7 Å². The van der Waals surface area contributed by atoms with Crippen molar-refractivity contribution in [1.29, 1.82) is 0 Å². The number of hydrogen-bond donors (Lipinski definition) is 2. The second kappa shape index (κ2) is 5.55. The maximum absolute atomic E-state index is 13.2. The van der Waals surface area contributed by atoms with Crippen LogP contribution in [0.2, 0.25) is 0 Å². The highest BCUT2D eigenvalue weighted by molar-refractivity contribution is 5.48. The third kappa shape index (κ3) is 2.81. The van der Waals surface area contributed by atoms with Crippen molar-refractivity contribution in [3.63, 3.8) is 0 Å². The van der Waals surface area contributed by atoms with Crippen LogP contribution in [-0.4, -0.2) is 12.2 Å². The molecule has 0 aliphatic heterocycles. The molecule has 0 aliphatic carbocycles. The molecule has 1 aromatic carbocycles. The van der Waals surface area contributed by atoms with E-state index >= 15 is 0 Å². The molecule has 18 heavy (non-hydrogen) atoms. The van der Waals surface area contributed by atoms with Crippen molar-refractivity contribution in [3.8, 4) is 5.75 Å². The Morgan fingerprint density at radius 1 is 1.28 bits per heavy atom. The van der Waals surface area contributed by atoms with E-state index in [1.54, 1.807) is 24.3 Å². The van der Waals surface area contributed by atoms with E-state index in [0.29, 0.717) is 18.1 Å². The van der Waals surface area contributed by atoms with Gasteiger partial charge in [0.2, 0.25) is 0 Å². The van der Waals surface area contributed by atoms with E-state index in [1.165, 1.54) is 13.2 Å². The molecular weight excluding hydrogens is 237 g/mol. The van der Waals surface area contributed by atoms with Gasteiger partial charge in [-0.1, -0.05) is 0 Å². The van der Waals surface area contributed by atoms with Gasteiger partial charge in [0, 0.05) is 11.8 Å². The molecule has 0 saturated carbocycles. The molecule has 1 heterocycles. The number of aliphatic hydroxyl groups is 1. The van der Waals surface area contributed by atoms with Crippen LogP contribution < -0.4 is 10.1 Å². The highest BCUT2D eigenvalue weighted by atomic mass is 19.1. The normalized spacial score (nSPS) is 10.4. The van der Waals surface area contributed by atoms with Crippen LogP contribution in [0.5, 0.6) is 5.75 Å². The summed E-state index contributed by atoms with van der Waals surface area (Å²) in [6.07, 6.45) is 0. The number of ether oxygens (including phenoxy) is 1. The lowest BCUT2D eigenvalue weighted by molar-refractivity contribution is 0.244. The molecule has 1 aromatic heterocycles. The Morgan fingerprint density at radius 2 is 2.06 bits per heavy atom. The van der Waals surface area contributed by atoms with Crippen molar-refractivity contribution in [3.05, 3.63) is 47.7 Å². The quantitative estimate of drug-likeness (QED) is 0.857. The fraction of sp³-hybridized carbons (Fsp3) is 0.231. The fourth-order valence-electron chi connectivity index (χ4n) is 1.56. The molecular formula is C13H14FNO3. The number of benzene rings is 1. The number of anilines is 1. The Kier molecular flexibility index (Phi) is 3.84. The summed E-state index contributed by atoms with van der Waals surface area (Å²) in [5.41, 5.74) is 0.732. The molecule has 5 heteroatoms. The van der Waals surface area contributed by atoms with Crippen molar-refractivity contribution in [2.24, 2.45) is 0 Å². The third-order valence-electron chi connectivity index (χ3n) is 2.49. The predicted octanol–water partition coefficient (Wildman–Crippen LogP) is 2.53. The zero-order valence-electron chi connectivity index (χ0n) is 9.94. The Morgan fingerprint density at radius 3 is 2.72 bits per heavy atom. The number of halogens is 1. The molecule has 0 fully saturated rings. The summed E-state index contributed by atoms with van der Waals surface area (Å²) < 4.78 is 23.4. The molecule has 0 saturated heterocycles. The van der Waals surface area contributed by atoms with E-state index in [-0.39, 0.29) is 12.4 Å². The van der Waals surface area contributed by atoms with E-state index in [9.17, 15) is 4.39 Å². The SMILES string of the molecule is COc1cc(NCc2ccc(CO)o2)ccc1F. The lowest BCUT2D eigenvalue weighted by atomic mass is 10.3. The molecule has 0 spiro atoms. The van der Waals surface area contributed by atoms with E-state index in [2.05, 4.69) is 5.32 Å². The van der Waals surface area contributed by atoms with Gasteiger partial charge in [-0.25, -0.2) is 4.39 Å². The van der Waals surface area contributed by atoms with Crippen molar-refractivity contribution in [2.45, 2.75) is 13.2 Å². The molecule has 2 aromatic rings. The topological polar surface area (TPSA) is 54.6 Å². The minimum Gasteiger partial charge on any atom is -0.494 e. The summed E-state index contributed by atoms with van der Waals surface area (Å²) in [7, 11) is 1.42. The maximum Gasteiger partial charge on any atom is 0.165 e. The molecule has 0 atom stereocenters. The van der Waals surface area contributed by atoms with Crippen LogP contribution in [0.3, 0.4) is 0 Å². The van der Waals surface area contributed by atoms with Crippen LogP contribution in [0.4, 0.5) is 10.1 Å². The lowest BCUT2D eigenvalue weighted by Crippen LogP contribution is -1.99. The monoisotopic (exact) mass is 251 g/mol. The van der Waals surface area contributed by atoms with Crippen molar-refractivity contribution >= 4 is 5.69 Å². The molecule has 0 radical (unpaired) electrons. The second-order valence-electron chi connectivity index (χ2n) is 3.73. The van der Waals surface area contributed by atoms with Crippen molar-refractivity contribution in [2.75, 3.05) is 12.4 Å². The Bertz CT molecular complexity index is 525. The average molecular weight is 251 g/mol. The Labute approximate surface area is 104 Å². The van der Waals surface area contributed by atoms with Crippen LogP contribution in [0.15, 0.2) is 34.7 Å². The number of nitrogens with one attached hydrogen (secondary N) is 1. The first-order valence-corrected chi connectivity index (χ1v) is 5.49. The Hall–Kier alpha value is -2.01. The van der Waals surface area contributed by atoms with Gasteiger partial charge in [0.1, 0.15) is 18.1 Å². The number of methoxy groups -OCH3 is 1. The standard InChI is InChI=1S/C13H14FNO3/c1-17-13-6-9(2-5-12(13)14)15-7-10-3-4-11(8-16)18-10/h2-6,15-16H,7-8H2,1H3. The summed E-state index contributed by atoms with van der Waals surface area (Å²) in [6.45, 7) is 0.332. The molecule has 4 nitrogen and oxygen atoms in total. The number of furan rings is 1. The summed E-state index contributed by atoms with van der Waals surface area (Å²) in [5, 5.41) is 11.9. The molecule has 0 unspecified atom stereocenters. The number of rotatable bonds is 5. The zero-order chi connectivity index (χ0) is 13.0. The van der Waals surface area contributed by atoms with E-state index < -0.39 is 5.82 Å². The largest absolute Gasteiger partial charge is 0.494 e. The minimum atomic E-state index is -0.399. The van der Waals surface area contributed by atoms with Crippen molar-refractivity contribution in [1.82, 2.24) is 0 Å². The summed E-state index contributed by atoms with van der Waals surface area (Å²) in [6, 6.07) is 8.02. The summed E-state index contributed by atoms with van der Waals surface area (Å²) in [4.78, 5) is 0. The summed E-state index contributed by atoms with van der Waals surface area (Å²) in [5.74, 6) is 1.00. The molecule has 0 bridgehead atoms. The van der Waals surface area contributed by atoms with Gasteiger partial charge < -0.3 is 19.6 Å². The Balaban J connectivity index is 2.01. The van der Waals surface area contributed by atoms with E-state index in [1.807, 2.05) is 0 Å². The molecule has 0 aliphatic rings. The van der Waals surface area contributed by atoms with E-state index in [0.717, 1.165) is 5.69 Å². The third-order valence-corrected chi connectivity index (χ3v) is 2.49. The first-order valence-electron chi connectivity index (χ1n) is 5.49. The van der Waals surface area contributed by atoms with Crippen LogP contribution in [0, 0.1) is 5.82 Å². The van der Waals surface area contributed by atoms with Crippen LogP contribution in [0.1, 0.15) is 11.5 Å². The van der Waals surface area contributed by atoms with Gasteiger partial charge in [0.15, 0.2) is 11.6 Å². The fourth-order valence-corrected chi connectivity index (χ4v) is 1.56. The van der Waals surface area contributed by atoms with Crippen LogP contribution in [0.25, 0.3) is 0 Å². The smallest absolute Gasteiger partial charge is 0.165 e. The van der Waals surface area contributed by atoms with E-state index in [4.69, 9.17) is 14.3 Å². The van der Waals surface area contributed by atoms with Crippen LogP contribution in [-0.2, 0) is 13.2 Å². The van der Waals surface area contributed by atoms with Crippen LogP contribution >= 0.6 is 0 Å².